The highest BCUT2D eigenvalue weighted by Crippen LogP contribution is 2.53. The molecule has 2 aliphatic rings. The molecule has 0 bridgehead atoms. The summed E-state index contributed by atoms with van der Waals surface area (Å²) in [7, 11) is 1.72. The number of hydrogen-bond acceptors (Lipinski definition) is 3. The van der Waals surface area contributed by atoms with Crippen LogP contribution in [-0.2, 0) is 17.8 Å². The molecule has 0 radical (unpaired) electrons. The topological polar surface area (TPSA) is 39.1 Å². The van der Waals surface area contributed by atoms with E-state index in [1.54, 1.807) is 7.11 Å². The zero-order chi connectivity index (χ0) is 12.4. The third-order valence-electron chi connectivity index (χ3n) is 4.51. The van der Waals surface area contributed by atoms with Crippen molar-refractivity contribution in [1.29, 1.82) is 0 Å². The van der Waals surface area contributed by atoms with Crippen LogP contribution in [0.2, 0.25) is 0 Å². The van der Waals surface area contributed by atoms with E-state index in [0.717, 1.165) is 25.6 Å². The smallest absolute Gasteiger partial charge is 0.0658 e. The molecule has 2 fully saturated rings. The number of ether oxygens (including phenoxy) is 1. The molecule has 1 N–H and O–H groups in total. The van der Waals surface area contributed by atoms with E-state index < -0.39 is 0 Å². The highest BCUT2D eigenvalue weighted by atomic mass is 16.5. The van der Waals surface area contributed by atoms with Gasteiger partial charge in [-0.3, -0.25) is 4.68 Å². The van der Waals surface area contributed by atoms with Gasteiger partial charge in [0.1, 0.15) is 0 Å². The van der Waals surface area contributed by atoms with Crippen LogP contribution in [0.4, 0.5) is 0 Å². The van der Waals surface area contributed by atoms with E-state index in [0.29, 0.717) is 5.54 Å². The summed E-state index contributed by atoms with van der Waals surface area (Å²) >= 11 is 0. The fraction of sp³-hybridized carbons (Fsp3) is 0.786. The van der Waals surface area contributed by atoms with Crippen LogP contribution in [0.3, 0.4) is 0 Å². The van der Waals surface area contributed by atoms with Gasteiger partial charge in [-0.25, -0.2) is 0 Å². The molecule has 2 aliphatic carbocycles. The van der Waals surface area contributed by atoms with Gasteiger partial charge in [0.25, 0.3) is 0 Å². The Labute approximate surface area is 109 Å². The van der Waals surface area contributed by atoms with Gasteiger partial charge in [-0.15, -0.1) is 0 Å². The molecule has 0 aliphatic heterocycles. The first-order chi connectivity index (χ1) is 8.82. The predicted octanol–water partition coefficient (Wildman–Crippen LogP) is 1.95. The number of fused-ring (bicyclic) bond motifs is 1. The molecule has 100 valence electrons. The molecule has 0 spiro atoms. The van der Waals surface area contributed by atoms with Gasteiger partial charge in [0, 0.05) is 31.0 Å². The zero-order valence-electron chi connectivity index (χ0n) is 11.2. The van der Waals surface area contributed by atoms with E-state index in [9.17, 15) is 0 Å². The van der Waals surface area contributed by atoms with Crippen molar-refractivity contribution >= 4 is 0 Å². The molecule has 2 unspecified atom stereocenters. The molecule has 2 atom stereocenters. The van der Waals surface area contributed by atoms with Crippen molar-refractivity contribution in [3.05, 3.63) is 18.0 Å². The highest BCUT2D eigenvalue weighted by Gasteiger charge is 2.54. The maximum atomic E-state index is 5.06. The van der Waals surface area contributed by atoms with E-state index >= 15 is 0 Å². The van der Waals surface area contributed by atoms with Crippen LogP contribution in [0.5, 0.6) is 0 Å². The lowest BCUT2D eigenvalue weighted by Gasteiger charge is -2.23. The van der Waals surface area contributed by atoms with E-state index in [4.69, 9.17) is 4.74 Å². The number of methoxy groups -OCH3 is 1. The second-order valence-electron chi connectivity index (χ2n) is 5.76. The number of hydrogen-bond donors (Lipinski definition) is 1. The van der Waals surface area contributed by atoms with Crippen molar-refractivity contribution in [3.8, 4) is 0 Å². The Morgan fingerprint density at radius 2 is 2.50 bits per heavy atom. The van der Waals surface area contributed by atoms with Gasteiger partial charge in [-0.2, -0.15) is 5.10 Å². The van der Waals surface area contributed by atoms with Crippen molar-refractivity contribution in [1.82, 2.24) is 15.1 Å². The molecule has 18 heavy (non-hydrogen) atoms. The van der Waals surface area contributed by atoms with Crippen molar-refractivity contribution in [3.63, 3.8) is 0 Å². The number of nitrogens with zero attached hydrogens (tertiary/aromatic N) is 2. The third kappa shape index (κ3) is 2.45. The fourth-order valence-electron chi connectivity index (χ4n) is 3.28. The summed E-state index contributed by atoms with van der Waals surface area (Å²) < 4.78 is 7.02. The number of nitrogens with one attached hydrogen (secondary N) is 1. The molecular formula is C14H23N3O. The molecule has 2 saturated carbocycles. The lowest BCUT2D eigenvalue weighted by molar-refractivity contribution is 0.183. The quantitative estimate of drug-likeness (QED) is 0.837. The zero-order valence-corrected chi connectivity index (χ0v) is 11.2. The van der Waals surface area contributed by atoms with Gasteiger partial charge in [0.2, 0.25) is 0 Å². The summed E-state index contributed by atoms with van der Waals surface area (Å²) in [4.78, 5) is 0. The lowest BCUT2D eigenvalue weighted by Crippen LogP contribution is -2.34. The minimum Gasteiger partial charge on any atom is -0.383 e. The van der Waals surface area contributed by atoms with E-state index in [1.807, 2.05) is 10.9 Å². The highest BCUT2D eigenvalue weighted by molar-refractivity contribution is 5.14. The second kappa shape index (κ2) is 5.02. The summed E-state index contributed by atoms with van der Waals surface area (Å²) in [6.45, 7) is 2.52. The third-order valence-corrected chi connectivity index (χ3v) is 4.51. The van der Waals surface area contributed by atoms with Crippen molar-refractivity contribution in [2.75, 3.05) is 13.7 Å². The largest absolute Gasteiger partial charge is 0.383 e. The van der Waals surface area contributed by atoms with Gasteiger partial charge in [-0.05, 0) is 25.2 Å². The molecule has 3 rings (SSSR count). The van der Waals surface area contributed by atoms with Gasteiger partial charge < -0.3 is 10.1 Å². The van der Waals surface area contributed by atoms with E-state index in [2.05, 4.69) is 16.6 Å². The number of rotatable bonds is 6. The van der Waals surface area contributed by atoms with Crippen LogP contribution in [-0.4, -0.2) is 29.0 Å². The molecule has 1 heterocycles. The molecule has 1 aromatic rings. The molecule has 0 amide bonds. The molecule has 0 aromatic carbocycles. The maximum absolute atomic E-state index is 5.06. The van der Waals surface area contributed by atoms with Crippen LogP contribution < -0.4 is 5.32 Å². The Morgan fingerprint density at radius 1 is 1.56 bits per heavy atom. The minimum absolute atomic E-state index is 0.493. The average molecular weight is 249 g/mol. The monoisotopic (exact) mass is 249 g/mol. The van der Waals surface area contributed by atoms with Crippen LogP contribution >= 0.6 is 0 Å². The first-order valence-corrected chi connectivity index (χ1v) is 7.08. The van der Waals surface area contributed by atoms with Crippen molar-refractivity contribution in [2.45, 2.75) is 50.7 Å². The van der Waals surface area contributed by atoms with Gasteiger partial charge in [-0.1, -0.05) is 12.8 Å². The number of aromatic nitrogens is 2. The van der Waals surface area contributed by atoms with Gasteiger partial charge in [0.05, 0.1) is 19.3 Å². The van der Waals surface area contributed by atoms with E-state index in [-0.39, 0.29) is 0 Å². The summed E-state index contributed by atoms with van der Waals surface area (Å²) in [6.07, 6.45) is 11.1. The molecule has 0 saturated heterocycles. The van der Waals surface area contributed by atoms with Crippen molar-refractivity contribution in [2.24, 2.45) is 5.92 Å². The Bertz CT molecular complexity index is 403. The lowest BCUT2D eigenvalue weighted by atomic mass is 9.95. The van der Waals surface area contributed by atoms with Gasteiger partial charge >= 0.3 is 0 Å². The summed E-state index contributed by atoms with van der Waals surface area (Å²) in [5.74, 6) is 0.954. The minimum atomic E-state index is 0.493. The normalized spacial score (nSPS) is 30.2. The average Bonchev–Trinajstić information content (AvgIpc) is 2.96. The fourth-order valence-corrected chi connectivity index (χ4v) is 3.28. The molecule has 4 heteroatoms. The Kier molecular flexibility index (Phi) is 3.39. The van der Waals surface area contributed by atoms with Crippen molar-refractivity contribution < 1.29 is 4.74 Å². The summed E-state index contributed by atoms with van der Waals surface area (Å²) in [5.41, 5.74) is 1.78. The van der Waals surface area contributed by atoms with Crippen LogP contribution in [0.25, 0.3) is 0 Å². The summed E-state index contributed by atoms with van der Waals surface area (Å²) in [5, 5.41) is 8.12. The van der Waals surface area contributed by atoms with Gasteiger partial charge in [0.15, 0.2) is 0 Å². The second-order valence-corrected chi connectivity index (χ2v) is 5.76. The standard InChI is InChI=1S/C14H23N3O/c1-18-7-6-17-11-12(10-16-17)9-15-14-5-3-2-4-13(14)8-14/h10-11,13,15H,2-9H2,1H3. The van der Waals surface area contributed by atoms with E-state index in [1.165, 1.54) is 37.7 Å². The Balaban J connectivity index is 1.49. The Morgan fingerprint density at radius 3 is 3.33 bits per heavy atom. The summed E-state index contributed by atoms with van der Waals surface area (Å²) in [6, 6.07) is 0. The molecule has 4 nitrogen and oxygen atoms in total. The maximum Gasteiger partial charge on any atom is 0.0658 e. The first kappa shape index (κ1) is 12.2. The molecular weight excluding hydrogens is 226 g/mol. The van der Waals surface area contributed by atoms with Crippen LogP contribution in [0.15, 0.2) is 12.4 Å². The molecule has 1 aromatic heterocycles. The van der Waals surface area contributed by atoms with Crippen LogP contribution in [0.1, 0.15) is 37.7 Å². The first-order valence-electron chi connectivity index (χ1n) is 7.08. The SMILES string of the molecule is COCCn1cc(CNC23CCCCC2C3)cn1. The van der Waals surface area contributed by atoms with Crippen LogP contribution in [0, 0.1) is 5.92 Å². The predicted molar refractivity (Wildman–Crippen MR) is 70.2 cm³/mol. The Hall–Kier alpha value is -0.870.